The minimum absolute atomic E-state index is 0.338. The molecule has 2 aromatic carbocycles. The number of nitrogens with zero attached hydrogens (tertiary/aromatic N) is 4. The molecule has 0 saturated heterocycles. The average Bonchev–Trinajstić information content (AvgIpc) is 2.69. The molecule has 6 nitrogen and oxygen atoms in total. The van der Waals surface area contributed by atoms with Crippen LogP contribution in [0.5, 0.6) is 0 Å². The third kappa shape index (κ3) is 3.87. The molecule has 0 spiro atoms. The predicted molar refractivity (Wildman–Crippen MR) is 114 cm³/mol. The van der Waals surface area contributed by atoms with Crippen molar-refractivity contribution < 1.29 is 0 Å². The molecule has 2 N–H and O–H groups in total. The zero-order valence-electron chi connectivity index (χ0n) is 15.6. The summed E-state index contributed by atoms with van der Waals surface area (Å²) >= 11 is 6.37. The first-order valence-corrected chi connectivity index (χ1v) is 9.38. The minimum atomic E-state index is 0.338. The molecule has 28 heavy (non-hydrogen) atoms. The van der Waals surface area contributed by atoms with Gasteiger partial charge in [0.1, 0.15) is 12.1 Å². The monoisotopic (exact) mass is 390 g/mol. The fraction of sp³-hybridized carbons (Fsp3) is 0.143. The molecule has 2 aromatic heterocycles. The molecule has 0 atom stereocenters. The topological polar surface area (TPSA) is 75.6 Å². The maximum atomic E-state index is 6.37. The van der Waals surface area contributed by atoms with E-state index in [1.165, 1.54) is 0 Å². The highest BCUT2D eigenvalue weighted by Crippen LogP contribution is 2.29. The van der Waals surface area contributed by atoms with Crippen molar-refractivity contribution in [3.05, 3.63) is 71.3 Å². The molecule has 4 rings (SSSR count). The number of hydrogen-bond donors (Lipinski definition) is 2. The smallest absolute Gasteiger partial charge is 0.172 e. The lowest BCUT2D eigenvalue weighted by atomic mass is 10.1. The molecule has 140 valence electrons. The van der Waals surface area contributed by atoms with Crippen molar-refractivity contribution in [1.29, 1.82) is 0 Å². The van der Waals surface area contributed by atoms with Gasteiger partial charge in [0, 0.05) is 23.1 Å². The van der Waals surface area contributed by atoms with E-state index in [9.17, 15) is 0 Å². The van der Waals surface area contributed by atoms with Crippen LogP contribution in [-0.4, -0.2) is 19.9 Å². The third-order valence-corrected chi connectivity index (χ3v) is 4.61. The lowest BCUT2D eigenvalue weighted by Gasteiger charge is -2.14. The van der Waals surface area contributed by atoms with Crippen molar-refractivity contribution in [2.45, 2.75) is 20.3 Å². The van der Waals surface area contributed by atoms with Crippen molar-refractivity contribution in [2.75, 3.05) is 10.6 Å². The Balaban J connectivity index is 1.67. The van der Waals surface area contributed by atoms with E-state index in [2.05, 4.69) is 43.6 Å². The Morgan fingerprint density at radius 2 is 1.71 bits per heavy atom. The van der Waals surface area contributed by atoms with Crippen LogP contribution in [-0.2, 0) is 6.42 Å². The Morgan fingerprint density at radius 1 is 0.929 bits per heavy atom. The fourth-order valence-corrected chi connectivity index (χ4v) is 3.12. The first-order valence-electron chi connectivity index (χ1n) is 9.00. The SMILES string of the molecule is CCc1ccc(Nc2cc(C)ncn2)cc1Nc1nc2ccccc2nc1Cl. The third-order valence-electron chi connectivity index (χ3n) is 4.35. The molecule has 0 aliphatic heterocycles. The van der Waals surface area contributed by atoms with Crippen LogP contribution in [0.1, 0.15) is 18.2 Å². The van der Waals surface area contributed by atoms with Gasteiger partial charge in [-0.2, -0.15) is 0 Å². The van der Waals surface area contributed by atoms with E-state index >= 15 is 0 Å². The number of aromatic nitrogens is 4. The van der Waals surface area contributed by atoms with Gasteiger partial charge < -0.3 is 10.6 Å². The Labute approximate surface area is 168 Å². The first-order chi connectivity index (χ1) is 13.6. The van der Waals surface area contributed by atoms with Crippen LogP contribution in [0.2, 0.25) is 5.15 Å². The molecule has 0 unspecified atom stereocenters. The largest absolute Gasteiger partial charge is 0.340 e. The Morgan fingerprint density at radius 3 is 2.46 bits per heavy atom. The van der Waals surface area contributed by atoms with Gasteiger partial charge in [-0.15, -0.1) is 0 Å². The molecule has 0 saturated carbocycles. The number of para-hydroxylation sites is 2. The van der Waals surface area contributed by atoms with E-state index in [-0.39, 0.29) is 0 Å². The molecule has 4 aromatic rings. The number of aryl methyl sites for hydroxylation is 2. The Bertz CT molecular complexity index is 1140. The summed E-state index contributed by atoms with van der Waals surface area (Å²) in [6.07, 6.45) is 2.41. The van der Waals surface area contributed by atoms with Gasteiger partial charge in [0.2, 0.25) is 0 Å². The van der Waals surface area contributed by atoms with Crippen molar-refractivity contribution in [3.8, 4) is 0 Å². The fourth-order valence-electron chi connectivity index (χ4n) is 2.94. The van der Waals surface area contributed by atoms with Gasteiger partial charge in [-0.05, 0) is 43.2 Å². The number of rotatable bonds is 5. The van der Waals surface area contributed by atoms with Crippen molar-refractivity contribution in [2.24, 2.45) is 0 Å². The van der Waals surface area contributed by atoms with Crippen LogP contribution >= 0.6 is 11.6 Å². The zero-order chi connectivity index (χ0) is 19.5. The Kier molecular flexibility index (Phi) is 5.04. The molecule has 0 aliphatic rings. The number of nitrogens with one attached hydrogen (secondary N) is 2. The second-order valence-corrected chi connectivity index (χ2v) is 6.73. The molecule has 0 amide bonds. The summed E-state index contributed by atoms with van der Waals surface area (Å²) in [5.41, 5.74) is 5.43. The summed E-state index contributed by atoms with van der Waals surface area (Å²) < 4.78 is 0. The van der Waals surface area contributed by atoms with Gasteiger partial charge in [-0.1, -0.05) is 36.7 Å². The maximum absolute atomic E-state index is 6.37. The quantitative estimate of drug-likeness (QED) is 0.473. The van der Waals surface area contributed by atoms with Crippen LogP contribution in [0.3, 0.4) is 0 Å². The van der Waals surface area contributed by atoms with Crippen molar-refractivity contribution in [1.82, 2.24) is 19.9 Å². The van der Waals surface area contributed by atoms with E-state index in [1.807, 2.05) is 49.4 Å². The second kappa shape index (κ2) is 7.78. The molecule has 0 radical (unpaired) electrons. The molecule has 2 heterocycles. The summed E-state index contributed by atoms with van der Waals surface area (Å²) in [5, 5.41) is 6.99. The molecule has 0 bridgehead atoms. The highest BCUT2D eigenvalue weighted by molar-refractivity contribution is 6.32. The van der Waals surface area contributed by atoms with E-state index < -0.39 is 0 Å². The van der Waals surface area contributed by atoms with Crippen LogP contribution < -0.4 is 10.6 Å². The standard InChI is InChI=1S/C21H19ClN6/c1-3-14-8-9-15(25-19-10-13(2)23-12-24-19)11-18(14)28-21-20(22)26-16-6-4-5-7-17(16)27-21/h4-12H,3H2,1-2H3,(H,27,28)(H,23,24,25). The van der Waals surface area contributed by atoms with Gasteiger partial charge in [0.15, 0.2) is 11.0 Å². The number of hydrogen-bond acceptors (Lipinski definition) is 6. The number of anilines is 4. The second-order valence-electron chi connectivity index (χ2n) is 6.37. The van der Waals surface area contributed by atoms with Gasteiger partial charge in [0.05, 0.1) is 11.0 Å². The highest BCUT2D eigenvalue weighted by atomic mass is 35.5. The summed E-state index contributed by atoms with van der Waals surface area (Å²) in [6.45, 7) is 4.04. The van der Waals surface area contributed by atoms with Gasteiger partial charge in [-0.25, -0.2) is 19.9 Å². The average molecular weight is 391 g/mol. The zero-order valence-corrected chi connectivity index (χ0v) is 16.3. The van der Waals surface area contributed by atoms with Crippen LogP contribution in [0, 0.1) is 6.92 Å². The van der Waals surface area contributed by atoms with E-state index in [1.54, 1.807) is 6.33 Å². The minimum Gasteiger partial charge on any atom is -0.340 e. The van der Waals surface area contributed by atoms with Gasteiger partial charge >= 0.3 is 0 Å². The Hall–Kier alpha value is -3.25. The lowest BCUT2D eigenvalue weighted by molar-refractivity contribution is 1.10. The first kappa shape index (κ1) is 18.1. The van der Waals surface area contributed by atoms with Crippen LogP contribution in [0.15, 0.2) is 54.9 Å². The molecular weight excluding hydrogens is 372 g/mol. The predicted octanol–water partition coefficient (Wildman–Crippen LogP) is 5.43. The lowest BCUT2D eigenvalue weighted by Crippen LogP contribution is -2.02. The van der Waals surface area contributed by atoms with Crippen LogP contribution in [0.4, 0.5) is 23.0 Å². The summed E-state index contributed by atoms with van der Waals surface area (Å²) in [5.74, 6) is 1.27. The summed E-state index contributed by atoms with van der Waals surface area (Å²) in [7, 11) is 0. The normalized spacial score (nSPS) is 10.8. The van der Waals surface area contributed by atoms with E-state index in [0.29, 0.717) is 11.0 Å². The van der Waals surface area contributed by atoms with E-state index in [0.717, 1.165) is 45.9 Å². The number of halogens is 1. The van der Waals surface area contributed by atoms with Crippen molar-refractivity contribution in [3.63, 3.8) is 0 Å². The summed E-state index contributed by atoms with van der Waals surface area (Å²) in [6, 6.07) is 15.7. The van der Waals surface area contributed by atoms with E-state index in [4.69, 9.17) is 11.6 Å². The number of benzene rings is 2. The maximum Gasteiger partial charge on any atom is 0.172 e. The number of fused-ring (bicyclic) bond motifs is 1. The van der Waals surface area contributed by atoms with Crippen LogP contribution in [0.25, 0.3) is 11.0 Å². The molecule has 7 heteroatoms. The molecule has 0 fully saturated rings. The molecular formula is C21H19ClN6. The van der Waals surface area contributed by atoms with Gasteiger partial charge in [0.25, 0.3) is 0 Å². The summed E-state index contributed by atoms with van der Waals surface area (Å²) in [4.78, 5) is 17.4. The highest BCUT2D eigenvalue weighted by Gasteiger charge is 2.10. The van der Waals surface area contributed by atoms with Crippen molar-refractivity contribution >= 4 is 45.6 Å². The molecule has 0 aliphatic carbocycles. The van der Waals surface area contributed by atoms with Gasteiger partial charge in [-0.3, -0.25) is 0 Å².